The van der Waals surface area contributed by atoms with E-state index in [0.717, 1.165) is 29.1 Å². The van der Waals surface area contributed by atoms with Crippen molar-refractivity contribution >= 4 is 29.1 Å². The van der Waals surface area contributed by atoms with Crippen LogP contribution in [-0.2, 0) is 4.79 Å². The SMILES string of the molecule is CC[C@H](C)c1ccccc1NC(=O)[C@@H](C)Sc1nc2nc(C)cc(C)n2n1. The number of nitrogens with one attached hydrogen (secondary N) is 1. The zero-order valence-electron chi connectivity index (χ0n) is 16.4. The molecule has 0 unspecified atom stereocenters. The minimum absolute atomic E-state index is 0.0597. The van der Waals surface area contributed by atoms with Crippen LogP contribution in [0.25, 0.3) is 5.78 Å². The van der Waals surface area contributed by atoms with Gasteiger partial charge in [0.15, 0.2) is 0 Å². The van der Waals surface area contributed by atoms with Gasteiger partial charge in [0.05, 0.1) is 5.25 Å². The Bertz CT molecular complexity index is 968. The number of anilines is 1. The van der Waals surface area contributed by atoms with E-state index in [0.29, 0.717) is 16.9 Å². The Hall–Kier alpha value is -2.41. The summed E-state index contributed by atoms with van der Waals surface area (Å²) in [6.45, 7) is 10.1. The molecule has 2 aromatic heterocycles. The summed E-state index contributed by atoms with van der Waals surface area (Å²) in [6, 6.07) is 9.93. The predicted octanol–water partition coefficient (Wildman–Crippen LogP) is 4.37. The second-order valence-corrected chi connectivity index (χ2v) is 8.10. The second-order valence-electron chi connectivity index (χ2n) is 6.79. The van der Waals surface area contributed by atoms with Crippen LogP contribution in [0.4, 0.5) is 5.69 Å². The van der Waals surface area contributed by atoms with Crippen molar-refractivity contribution in [2.75, 3.05) is 5.32 Å². The molecule has 0 radical (unpaired) electrons. The number of amides is 1. The molecule has 0 aliphatic heterocycles. The average molecular weight is 384 g/mol. The number of fused-ring (bicyclic) bond motifs is 1. The third-order valence-electron chi connectivity index (χ3n) is 4.61. The van der Waals surface area contributed by atoms with E-state index in [4.69, 9.17) is 0 Å². The summed E-state index contributed by atoms with van der Waals surface area (Å²) >= 11 is 1.34. The normalized spacial score (nSPS) is 13.5. The topological polar surface area (TPSA) is 72.2 Å². The largest absolute Gasteiger partial charge is 0.325 e. The Balaban J connectivity index is 1.74. The number of hydrogen-bond donors (Lipinski definition) is 1. The van der Waals surface area contributed by atoms with Crippen LogP contribution >= 0.6 is 11.8 Å². The lowest BCUT2D eigenvalue weighted by Gasteiger charge is -2.17. The highest BCUT2D eigenvalue weighted by Crippen LogP contribution is 2.28. The molecular weight excluding hydrogens is 358 g/mol. The molecule has 1 amide bonds. The Morgan fingerprint density at radius 2 is 1.96 bits per heavy atom. The van der Waals surface area contributed by atoms with Crippen LogP contribution in [0.15, 0.2) is 35.5 Å². The number of para-hydroxylation sites is 1. The number of aryl methyl sites for hydroxylation is 2. The Morgan fingerprint density at radius 3 is 2.70 bits per heavy atom. The van der Waals surface area contributed by atoms with Gasteiger partial charge in [-0.1, -0.05) is 43.8 Å². The number of nitrogens with zero attached hydrogens (tertiary/aromatic N) is 4. The highest BCUT2D eigenvalue weighted by atomic mass is 32.2. The maximum atomic E-state index is 12.7. The van der Waals surface area contributed by atoms with Gasteiger partial charge in [-0.2, -0.15) is 4.98 Å². The van der Waals surface area contributed by atoms with Crippen molar-refractivity contribution in [1.29, 1.82) is 0 Å². The number of carbonyl (C=O) groups excluding carboxylic acids is 1. The average Bonchev–Trinajstić information content (AvgIpc) is 3.04. The van der Waals surface area contributed by atoms with Gasteiger partial charge in [0.1, 0.15) is 0 Å². The molecular formula is C20H25N5OS. The molecule has 3 rings (SSSR count). The van der Waals surface area contributed by atoms with E-state index >= 15 is 0 Å². The van der Waals surface area contributed by atoms with Gasteiger partial charge in [-0.3, -0.25) is 4.79 Å². The van der Waals surface area contributed by atoms with Crippen LogP contribution in [0.5, 0.6) is 0 Å². The molecule has 6 nitrogen and oxygen atoms in total. The van der Waals surface area contributed by atoms with E-state index < -0.39 is 0 Å². The van der Waals surface area contributed by atoms with Crippen LogP contribution in [0.1, 0.15) is 50.1 Å². The van der Waals surface area contributed by atoms with E-state index in [9.17, 15) is 4.79 Å². The van der Waals surface area contributed by atoms with Crippen molar-refractivity contribution in [3.8, 4) is 0 Å². The molecule has 27 heavy (non-hydrogen) atoms. The molecule has 1 N–H and O–H groups in total. The number of aromatic nitrogens is 4. The van der Waals surface area contributed by atoms with E-state index in [2.05, 4.69) is 40.3 Å². The molecule has 2 atom stereocenters. The number of rotatable bonds is 6. The summed E-state index contributed by atoms with van der Waals surface area (Å²) in [5.74, 6) is 0.891. The predicted molar refractivity (Wildman–Crippen MR) is 109 cm³/mol. The third kappa shape index (κ3) is 4.30. The zero-order chi connectivity index (χ0) is 19.6. The van der Waals surface area contributed by atoms with Crippen molar-refractivity contribution in [3.05, 3.63) is 47.3 Å². The molecule has 0 aliphatic rings. The minimum Gasteiger partial charge on any atom is -0.325 e. The quantitative estimate of drug-likeness (QED) is 0.640. The monoisotopic (exact) mass is 383 g/mol. The molecule has 142 valence electrons. The van der Waals surface area contributed by atoms with Crippen molar-refractivity contribution < 1.29 is 4.79 Å². The van der Waals surface area contributed by atoms with E-state index in [1.54, 1.807) is 4.52 Å². The molecule has 2 heterocycles. The van der Waals surface area contributed by atoms with Crippen LogP contribution in [0, 0.1) is 13.8 Å². The first kappa shape index (κ1) is 19.4. The van der Waals surface area contributed by atoms with E-state index in [-0.39, 0.29) is 11.2 Å². The fraction of sp³-hybridized carbons (Fsp3) is 0.400. The van der Waals surface area contributed by atoms with Gasteiger partial charge >= 0.3 is 0 Å². The molecule has 0 aliphatic carbocycles. The lowest BCUT2D eigenvalue weighted by atomic mass is 9.97. The highest BCUT2D eigenvalue weighted by Gasteiger charge is 2.20. The van der Waals surface area contributed by atoms with Crippen molar-refractivity contribution in [3.63, 3.8) is 0 Å². The molecule has 0 fully saturated rings. The van der Waals surface area contributed by atoms with Crippen molar-refractivity contribution in [2.24, 2.45) is 0 Å². The van der Waals surface area contributed by atoms with Gasteiger partial charge in [0.25, 0.3) is 5.78 Å². The van der Waals surface area contributed by atoms with E-state index in [1.807, 2.05) is 45.0 Å². The summed E-state index contributed by atoms with van der Waals surface area (Å²) in [4.78, 5) is 21.5. The minimum atomic E-state index is -0.325. The lowest BCUT2D eigenvalue weighted by Crippen LogP contribution is -2.23. The maximum absolute atomic E-state index is 12.7. The first-order chi connectivity index (χ1) is 12.9. The molecule has 0 spiro atoms. The first-order valence-corrected chi connectivity index (χ1v) is 10.0. The standard InChI is InChI=1S/C20H25N5OS/c1-6-12(2)16-9-7-8-10-17(16)22-18(26)15(5)27-20-23-19-21-13(3)11-14(4)25(19)24-20/h7-12,15H,6H2,1-5H3,(H,22,26)/t12-,15+/m0/s1. The fourth-order valence-corrected chi connectivity index (χ4v) is 3.65. The Kier molecular flexibility index (Phi) is 5.79. The summed E-state index contributed by atoms with van der Waals surface area (Å²) in [6.07, 6.45) is 1.02. The van der Waals surface area contributed by atoms with Gasteiger partial charge < -0.3 is 5.32 Å². The van der Waals surface area contributed by atoms with Gasteiger partial charge in [0.2, 0.25) is 11.1 Å². The van der Waals surface area contributed by atoms with Gasteiger partial charge in [-0.05, 0) is 50.8 Å². The number of carbonyl (C=O) groups is 1. The first-order valence-electron chi connectivity index (χ1n) is 9.16. The van der Waals surface area contributed by atoms with Crippen LogP contribution in [0.2, 0.25) is 0 Å². The van der Waals surface area contributed by atoms with Crippen molar-refractivity contribution in [1.82, 2.24) is 19.6 Å². The molecule has 1 aromatic carbocycles. The summed E-state index contributed by atoms with van der Waals surface area (Å²) in [5.41, 5.74) is 3.90. The summed E-state index contributed by atoms with van der Waals surface area (Å²) < 4.78 is 1.71. The van der Waals surface area contributed by atoms with Crippen LogP contribution in [-0.4, -0.2) is 30.7 Å². The van der Waals surface area contributed by atoms with Gasteiger partial charge in [-0.25, -0.2) is 9.50 Å². The summed E-state index contributed by atoms with van der Waals surface area (Å²) in [5, 5.41) is 7.75. The molecule has 0 bridgehead atoms. The molecule has 3 aromatic rings. The lowest BCUT2D eigenvalue weighted by molar-refractivity contribution is -0.115. The number of hydrogen-bond acceptors (Lipinski definition) is 5. The third-order valence-corrected chi connectivity index (χ3v) is 5.56. The molecule has 0 saturated heterocycles. The van der Waals surface area contributed by atoms with Gasteiger partial charge in [-0.15, -0.1) is 5.10 Å². The zero-order valence-corrected chi connectivity index (χ0v) is 17.2. The van der Waals surface area contributed by atoms with E-state index in [1.165, 1.54) is 11.8 Å². The summed E-state index contributed by atoms with van der Waals surface area (Å²) in [7, 11) is 0. The van der Waals surface area contributed by atoms with Crippen molar-refractivity contribution in [2.45, 2.75) is 57.4 Å². The molecule has 0 saturated carbocycles. The Morgan fingerprint density at radius 1 is 1.22 bits per heavy atom. The van der Waals surface area contributed by atoms with Crippen LogP contribution < -0.4 is 5.32 Å². The maximum Gasteiger partial charge on any atom is 0.253 e. The molecule has 7 heteroatoms. The van der Waals surface area contributed by atoms with Crippen LogP contribution in [0.3, 0.4) is 0 Å². The smallest absolute Gasteiger partial charge is 0.253 e. The number of benzene rings is 1. The fourth-order valence-electron chi connectivity index (χ4n) is 2.90. The van der Waals surface area contributed by atoms with Gasteiger partial charge in [0, 0.05) is 17.1 Å². The number of thioether (sulfide) groups is 1. The highest BCUT2D eigenvalue weighted by molar-refractivity contribution is 8.00. The second kappa shape index (κ2) is 8.08. The Labute approximate surface area is 163 Å².